The lowest BCUT2D eigenvalue weighted by Crippen LogP contribution is -1.81. The Morgan fingerprint density at radius 2 is 1.60 bits per heavy atom. The van der Waals surface area contributed by atoms with E-state index in [1.807, 2.05) is 18.2 Å². The molecule has 1 aromatic heterocycles. The smallest absolute Gasteiger partial charge is 0.139 e. The molecule has 0 amide bonds. The van der Waals surface area contributed by atoms with Crippen molar-refractivity contribution in [2.24, 2.45) is 0 Å². The molecule has 3 N–H and O–H groups in total. The highest BCUT2D eigenvalue weighted by Gasteiger charge is 2.06. The number of phenols is 1. The number of hydrogen-bond acceptors (Lipinski definition) is 3. The van der Waals surface area contributed by atoms with Gasteiger partial charge in [-0.1, -0.05) is 0 Å². The van der Waals surface area contributed by atoms with Gasteiger partial charge in [-0.3, -0.25) is 0 Å². The maximum Gasteiger partial charge on any atom is 0.139 e. The number of nitrogen functional groups attached to an aromatic ring is 1. The van der Waals surface area contributed by atoms with Crippen molar-refractivity contribution in [1.29, 1.82) is 0 Å². The molecule has 0 atom stereocenters. The van der Waals surface area contributed by atoms with E-state index in [1.165, 1.54) is 0 Å². The van der Waals surface area contributed by atoms with E-state index in [-0.39, 0.29) is 5.75 Å². The summed E-state index contributed by atoms with van der Waals surface area (Å²) in [4.78, 5) is 0. The summed E-state index contributed by atoms with van der Waals surface area (Å²) in [5, 5.41) is 11.3. The fourth-order valence-corrected chi connectivity index (χ4v) is 1.78. The Labute approximate surface area is 85.7 Å². The lowest BCUT2D eigenvalue weighted by atomic mass is 10.1. The van der Waals surface area contributed by atoms with Crippen molar-refractivity contribution in [2.45, 2.75) is 0 Å². The first kappa shape index (κ1) is 8.17. The number of hydrogen-bond donors (Lipinski definition) is 2. The molecule has 0 aliphatic heterocycles. The van der Waals surface area contributed by atoms with Gasteiger partial charge in [0.05, 0.1) is 0 Å². The number of anilines is 1. The van der Waals surface area contributed by atoms with Gasteiger partial charge in [0, 0.05) is 28.6 Å². The summed E-state index contributed by atoms with van der Waals surface area (Å²) < 4.78 is 5.57. The van der Waals surface area contributed by atoms with Crippen LogP contribution in [-0.2, 0) is 0 Å². The van der Waals surface area contributed by atoms with Gasteiger partial charge in [0.15, 0.2) is 0 Å². The van der Waals surface area contributed by atoms with E-state index in [0.717, 1.165) is 16.4 Å². The lowest BCUT2D eigenvalue weighted by molar-refractivity contribution is 0.475. The number of fused-ring (bicyclic) bond motifs is 3. The maximum atomic E-state index is 9.33. The Bertz CT molecular complexity index is 599. The van der Waals surface area contributed by atoms with Crippen LogP contribution in [0.15, 0.2) is 40.8 Å². The zero-order valence-corrected chi connectivity index (χ0v) is 7.90. The Morgan fingerprint density at radius 1 is 0.933 bits per heavy atom. The van der Waals surface area contributed by atoms with Gasteiger partial charge in [0.25, 0.3) is 0 Å². The highest BCUT2D eigenvalue weighted by molar-refractivity contribution is 6.05. The van der Waals surface area contributed by atoms with E-state index >= 15 is 0 Å². The predicted octanol–water partition coefficient (Wildman–Crippen LogP) is 2.87. The third kappa shape index (κ3) is 1.13. The van der Waals surface area contributed by atoms with Crippen molar-refractivity contribution < 1.29 is 9.52 Å². The van der Waals surface area contributed by atoms with Crippen LogP contribution in [0.3, 0.4) is 0 Å². The number of rotatable bonds is 0. The number of aromatic hydroxyl groups is 1. The summed E-state index contributed by atoms with van der Waals surface area (Å²) in [5.74, 6) is 0.203. The summed E-state index contributed by atoms with van der Waals surface area (Å²) in [6, 6.07) is 10.6. The predicted molar refractivity (Wildman–Crippen MR) is 59.8 cm³/mol. The molecule has 0 bridgehead atoms. The van der Waals surface area contributed by atoms with Crippen LogP contribution in [0.5, 0.6) is 5.75 Å². The van der Waals surface area contributed by atoms with Gasteiger partial charge < -0.3 is 15.3 Å². The monoisotopic (exact) mass is 199 g/mol. The molecule has 0 saturated heterocycles. The molecule has 0 spiro atoms. The molecule has 0 unspecified atom stereocenters. The van der Waals surface area contributed by atoms with Gasteiger partial charge >= 0.3 is 0 Å². The standard InChI is InChI=1S/C12H9NO2/c13-7-1-3-9-10-4-2-8(14)6-12(10)15-11(9)5-7/h1-6,14H,13H2. The fourth-order valence-electron chi connectivity index (χ4n) is 1.78. The summed E-state index contributed by atoms with van der Waals surface area (Å²) in [7, 11) is 0. The molecule has 2 aromatic carbocycles. The van der Waals surface area contributed by atoms with E-state index in [1.54, 1.807) is 18.2 Å². The number of nitrogens with two attached hydrogens (primary N) is 1. The van der Waals surface area contributed by atoms with Crippen LogP contribution in [0.2, 0.25) is 0 Å². The van der Waals surface area contributed by atoms with Gasteiger partial charge in [-0.25, -0.2) is 0 Å². The fraction of sp³-hybridized carbons (Fsp3) is 0. The van der Waals surface area contributed by atoms with E-state index in [4.69, 9.17) is 10.2 Å². The van der Waals surface area contributed by atoms with Gasteiger partial charge in [-0.05, 0) is 24.3 Å². The summed E-state index contributed by atoms with van der Waals surface area (Å²) in [6.07, 6.45) is 0. The third-order valence-electron chi connectivity index (χ3n) is 2.48. The van der Waals surface area contributed by atoms with Gasteiger partial charge in [0.2, 0.25) is 0 Å². The molecule has 0 aliphatic rings. The number of furan rings is 1. The second-order valence-electron chi connectivity index (χ2n) is 3.54. The van der Waals surface area contributed by atoms with Crippen molar-refractivity contribution >= 4 is 27.6 Å². The highest BCUT2D eigenvalue weighted by atomic mass is 16.3. The van der Waals surface area contributed by atoms with Gasteiger partial charge in [-0.15, -0.1) is 0 Å². The Morgan fingerprint density at radius 3 is 2.40 bits per heavy atom. The molecule has 1 heterocycles. The van der Waals surface area contributed by atoms with Crippen LogP contribution >= 0.6 is 0 Å². The first-order chi connectivity index (χ1) is 7.24. The van der Waals surface area contributed by atoms with Crippen LogP contribution in [0, 0.1) is 0 Å². The summed E-state index contributed by atoms with van der Waals surface area (Å²) in [6.45, 7) is 0. The maximum absolute atomic E-state index is 9.33. The molecule has 0 radical (unpaired) electrons. The van der Waals surface area contributed by atoms with Crippen molar-refractivity contribution in [3.63, 3.8) is 0 Å². The minimum Gasteiger partial charge on any atom is -0.508 e. The SMILES string of the molecule is Nc1ccc2c(c1)oc1cc(O)ccc12. The molecule has 0 saturated carbocycles. The van der Waals surface area contributed by atoms with Crippen LogP contribution in [0.4, 0.5) is 5.69 Å². The van der Waals surface area contributed by atoms with E-state index in [0.29, 0.717) is 11.3 Å². The summed E-state index contributed by atoms with van der Waals surface area (Å²) in [5.41, 5.74) is 7.76. The van der Waals surface area contributed by atoms with Crippen molar-refractivity contribution in [3.8, 4) is 5.75 Å². The largest absolute Gasteiger partial charge is 0.508 e. The normalized spacial score (nSPS) is 11.2. The lowest BCUT2D eigenvalue weighted by Gasteiger charge is -1.91. The molecule has 3 rings (SSSR count). The van der Waals surface area contributed by atoms with Gasteiger partial charge in [-0.2, -0.15) is 0 Å². The molecular formula is C12H9NO2. The summed E-state index contributed by atoms with van der Waals surface area (Å²) >= 11 is 0. The Hall–Kier alpha value is -2.16. The molecule has 3 aromatic rings. The molecule has 3 heteroatoms. The van der Waals surface area contributed by atoms with Crippen molar-refractivity contribution in [3.05, 3.63) is 36.4 Å². The number of benzene rings is 2. The topological polar surface area (TPSA) is 59.4 Å². The van der Waals surface area contributed by atoms with Crippen LogP contribution < -0.4 is 5.73 Å². The van der Waals surface area contributed by atoms with Crippen LogP contribution in [0.25, 0.3) is 21.9 Å². The zero-order chi connectivity index (χ0) is 10.4. The molecule has 0 fully saturated rings. The molecule has 0 aliphatic carbocycles. The number of phenolic OH excluding ortho intramolecular Hbond substituents is 1. The quantitative estimate of drug-likeness (QED) is 0.547. The van der Waals surface area contributed by atoms with Crippen molar-refractivity contribution in [2.75, 3.05) is 5.73 Å². The first-order valence-electron chi connectivity index (χ1n) is 4.65. The average molecular weight is 199 g/mol. The second-order valence-corrected chi connectivity index (χ2v) is 3.54. The van der Waals surface area contributed by atoms with Crippen LogP contribution in [0.1, 0.15) is 0 Å². The van der Waals surface area contributed by atoms with E-state index in [2.05, 4.69) is 0 Å². The first-order valence-corrected chi connectivity index (χ1v) is 4.65. The molecule has 15 heavy (non-hydrogen) atoms. The Kier molecular flexibility index (Phi) is 1.45. The van der Waals surface area contributed by atoms with E-state index < -0.39 is 0 Å². The Balaban J connectivity index is 2.51. The third-order valence-corrected chi connectivity index (χ3v) is 2.48. The van der Waals surface area contributed by atoms with E-state index in [9.17, 15) is 5.11 Å². The molecular weight excluding hydrogens is 190 g/mol. The zero-order valence-electron chi connectivity index (χ0n) is 7.90. The average Bonchev–Trinajstić information content (AvgIpc) is 2.53. The molecule has 74 valence electrons. The minimum absolute atomic E-state index is 0.203. The minimum atomic E-state index is 0.203. The van der Waals surface area contributed by atoms with Crippen LogP contribution in [-0.4, -0.2) is 5.11 Å². The van der Waals surface area contributed by atoms with Gasteiger partial charge in [0.1, 0.15) is 16.9 Å². The molecule has 3 nitrogen and oxygen atoms in total. The highest BCUT2D eigenvalue weighted by Crippen LogP contribution is 2.31. The second kappa shape index (κ2) is 2.67. The van der Waals surface area contributed by atoms with Crippen molar-refractivity contribution in [1.82, 2.24) is 0 Å².